The molecule has 1 saturated heterocycles. The Bertz CT molecular complexity index is 963. The van der Waals surface area contributed by atoms with Crippen LogP contribution in [0.5, 0.6) is 0 Å². The van der Waals surface area contributed by atoms with Gasteiger partial charge in [0.25, 0.3) is 0 Å². The van der Waals surface area contributed by atoms with E-state index in [-0.39, 0.29) is 6.03 Å². The minimum Gasteiger partial charge on any atom is -0.368 e. The number of urea groups is 1. The summed E-state index contributed by atoms with van der Waals surface area (Å²) in [5.74, 6) is 1.25. The number of carbonyl (C=O) groups is 1. The first-order valence-corrected chi connectivity index (χ1v) is 10.4. The lowest BCUT2D eigenvalue weighted by Crippen LogP contribution is -2.50. The molecule has 0 aliphatic carbocycles. The largest absolute Gasteiger partial charge is 0.368 e. The zero-order valence-electron chi connectivity index (χ0n) is 16.1. The van der Waals surface area contributed by atoms with Crippen molar-refractivity contribution in [1.82, 2.24) is 15.0 Å². The molecule has 0 unspecified atom stereocenters. The van der Waals surface area contributed by atoms with E-state index in [0.717, 1.165) is 40.9 Å². The molecular formula is C21H22BrN5O2. The van der Waals surface area contributed by atoms with Crippen LogP contribution in [0, 0.1) is 0 Å². The molecule has 1 aliphatic heterocycles. The summed E-state index contributed by atoms with van der Waals surface area (Å²) in [6.45, 7) is 4.91. The molecule has 0 bridgehead atoms. The van der Waals surface area contributed by atoms with Crippen LogP contribution < -0.4 is 10.2 Å². The van der Waals surface area contributed by atoms with Gasteiger partial charge >= 0.3 is 6.03 Å². The van der Waals surface area contributed by atoms with Crippen LogP contribution in [0.3, 0.4) is 0 Å². The van der Waals surface area contributed by atoms with Crippen LogP contribution in [0.1, 0.15) is 12.8 Å². The van der Waals surface area contributed by atoms with E-state index >= 15 is 0 Å². The summed E-state index contributed by atoms with van der Waals surface area (Å²) < 4.78 is 6.17. The number of benzene rings is 2. The maximum atomic E-state index is 12.5. The highest BCUT2D eigenvalue weighted by Gasteiger charge is 2.21. The van der Waals surface area contributed by atoms with E-state index in [1.54, 1.807) is 0 Å². The van der Waals surface area contributed by atoms with Gasteiger partial charge in [0, 0.05) is 54.0 Å². The second-order valence-corrected chi connectivity index (χ2v) is 7.74. The van der Waals surface area contributed by atoms with Crippen molar-refractivity contribution >= 4 is 33.3 Å². The van der Waals surface area contributed by atoms with Gasteiger partial charge in [-0.1, -0.05) is 28.0 Å². The van der Waals surface area contributed by atoms with Gasteiger partial charge in [0.15, 0.2) is 0 Å². The lowest BCUT2D eigenvalue weighted by atomic mass is 10.1. The molecule has 0 radical (unpaired) electrons. The molecule has 0 saturated carbocycles. The highest BCUT2D eigenvalue weighted by molar-refractivity contribution is 9.10. The van der Waals surface area contributed by atoms with E-state index in [9.17, 15) is 4.79 Å². The zero-order chi connectivity index (χ0) is 20.2. The number of aromatic nitrogens is 2. The Balaban J connectivity index is 1.33. The van der Waals surface area contributed by atoms with Gasteiger partial charge in [-0.25, -0.2) is 4.79 Å². The summed E-state index contributed by atoms with van der Waals surface area (Å²) in [7, 11) is 0. The lowest BCUT2D eigenvalue weighted by Gasteiger charge is -2.36. The molecule has 150 valence electrons. The Morgan fingerprint density at radius 3 is 2.38 bits per heavy atom. The number of halogens is 1. The monoisotopic (exact) mass is 455 g/mol. The van der Waals surface area contributed by atoms with E-state index in [0.29, 0.717) is 24.8 Å². The van der Waals surface area contributed by atoms with E-state index in [4.69, 9.17) is 4.52 Å². The topological polar surface area (TPSA) is 74.5 Å². The molecule has 0 atom stereocenters. The van der Waals surface area contributed by atoms with Gasteiger partial charge in [-0.3, -0.25) is 0 Å². The number of rotatable bonds is 4. The number of nitrogens with one attached hydrogen (secondary N) is 1. The summed E-state index contributed by atoms with van der Waals surface area (Å²) >= 11 is 3.40. The van der Waals surface area contributed by atoms with Crippen molar-refractivity contribution in [2.24, 2.45) is 0 Å². The van der Waals surface area contributed by atoms with Gasteiger partial charge in [-0.15, -0.1) is 0 Å². The number of aryl methyl sites for hydroxylation is 1. The third-order valence-electron chi connectivity index (χ3n) is 4.92. The van der Waals surface area contributed by atoms with Gasteiger partial charge in [0.1, 0.15) is 0 Å². The normalized spacial score (nSPS) is 14.1. The number of anilines is 2. The molecule has 0 spiro atoms. The molecule has 2 heterocycles. The Morgan fingerprint density at radius 2 is 1.76 bits per heavy atom. The number of carbonyl (C=O) groups excluding carboxylic acids is 1. The highest BCUT2D eigenvalue weighted by Crippen LogP contribution is 2.23. The van der Waals surface area contributed by atoms with Crippen LogP contribution in [0.2, 0.25) is 0 Å². The predicted octanol–water partition coefficient (Wildman–Crippen LogP) is 4.42. The molecule has 1 N–H and O–H groups in total. The predicted molar refractivity (Wildman–Crippen MR) is 116 cm³/mol. The molecular weight excluding hydrogens is 434 g/mol. The minimum absolute atomic E-state index is 0.0637. The number of amides is 2. The fraction of sp³-hybridized carbons (Fsp3) is 0.286. The van der Waals surface area contributed by atoms with Crippen molar-refractivity contribution in [2.45, 2.75) is 13.3 Å². The first-order chi connectivity index (χ1) is 14.1. The minimum atomic E-state index is -0.0637. The SMILES string of the molecule is CCc1nc(-c2ccc(N3CCN(C(=O)Nc4ccc(Br)cc4)CC3)cc2)no1. The molecule has 8 heteroatoms. The summed E-state index contributed by atoms with van der Waals surface area (Å²) in [5, 5.41) is 6.97. The van der Waals surface area contributed by atoms with Crippen LogP contribution in [0.4, 0.5) is 16.2 Å². The summed E-state index contributed by atoms with van der Waals surface area (Å²) in [5.41, 5.74) is 2.86. The zero-order valence-corrected chi connectivity index (χ0v) is 17.7. The molecule has 2 aromatic carbocycles. The number of nitrogens with zero attached hydrogens (tertiary/aromatic N) is 4. The Hall–Kier alpha value is -2.87. The summed E-state index contributed by atoms with van der Waals surface area (Å²) in [6, 6.07) is 15.7. The van der Waals surface area contributed by atoms with Gasteiger partial charge < -0.3 is 19.6 Å². The second-order valence-electron chi connectivity index (χ2n) is 6.82. The van der Waals surface area contributed by atoms with E-state index in [1.165, 1.54) is 0 Å². The van der Waals surface area contributed by atoms with Crippen molar-refractivity contribution < 1.29 is 9.32 Å². The average Bonchev–Trinajstić information content (AvgIpc) is 3.25. The van der Waals surface area contributed by atoms with Gasteiger partial charge in [-0.2, -0.15) is 4.98 Å². The van der Waals surface area contributed by atoms with Crippen LogP contribution in [0.15, 0.2) is 57.5 Å². The van der Waals surface area contributed by atoms with Crippen molar-refractivity contribution in [3.63, 3.8) is 0 Å². The second kappa shape index (κ2) is 8.65. The standard InChI is InChI=1S/C21H22BrN5O2/c1-2-19-24-20(25-29-19)15-3-9-18(10-4-15)26-11-13-27(14-12-26)21(28)23-17-7-5-16(22)6-8-17/h3-10H,2,11-14H2,1H3,(H,23,28). The molecule has 1 aromatic heterocycles. The maximum absolute atomic E-state index is 12.5. The van der Waals surface area contributed by atoms with Crippen molar-refractivity contribution in [2.75, 3.05) is 36.4 Å². The van der Waals surface area contributed by atoms with Crippen LogP contribution in [-0.2, 0) is 6.42 Å². The van der Waals surface area contributed by atoms with E-state index < -0.39 is 0 Å². The fourth-order valence-corrected chi connectivity index (χ4v) is 3.50. The first kappa shape index (κ1) is 19.4. The summed E-state index contributed by atoms with van der Waals surface area (Å²) in [4.78, 5) is 21.0. The first-order valence-electron chi connectivity index (χ1n) is 9.62. The highest BCUT2D eigenvalue weighted by atomic mass is 79.9. The maximum Gasteiger partial charge on any atom is 0.321 e. The third kappa shape index (κ3) is 4.59. The van der Waals surface area contributed by atoms with Crippen LogP contribution >= 0.6 is 15.9 Å². The fourth-order valence-electron chi connectivity index (χ4n) is 3.24. The van der Waals surface area contributed by atoms with Gasteiger partial charge in [0.2, 0.25) is 11.7 Å². The number of hydrogen-bond donors (Lipinski definition) is 1. The number of piperazine rings is 1. The van der Waals surface area contributed by atoms with Gasteiger partial charge in [0.05, 0.1) is 0 Å². The molecule has 29 heavy (non-hydrogen) atoms. The molecule has 2 amide bonds. The lowest BCUT2D eigenvalue weighted by molar-refractivity contribution is 0.208. The Labute approximate surface area is 177 Å². The molecule has 3 aromatic rings. The molecule has 7 nitrogen and oxygen atoms in total. The quantitative estimate of drug-likeness (QED) is 0.630. The summed E-state index contributed by atoms with van der Waals surface area (Å²) in [6.07, 6.45) is 0.727. The van der Waals surface area contributed by atoms with Crippen LogP contribution in [0.25, 0.3) is 11.4 Å². The van der Waals surface area contributed by atoms with E-state index in [2.05, 4.69) is 48.4 Å². The third-order valence-corrected chi connectivity index (χ3v) is 5.45. The van der Waals surface area contributed by atoms with Crippen molar-refractivity contribution in [1.29, 1.82) is 0 Å². The van der Waals surface area contributed by atoms with Crippen molar-refractivity contribution in [3.05, 3.63) is 58.9 Å². The smallest absolute Gasteiger partial charge is 0.321 e. The average molecular weight is 456 g/mol. The van der Waals surface area contributed by atoms with Crippen LogP contribution in [-0.4, -0.2) is 47.3 Å². The van der Waals surface area contributed by atoms with Gasteiger partial charge in [-0.05, 0) is 48.5 Å². The Morgan fingerprint density at radius 1 is 1.07 bits per heavy atom. The molecule has 4 rings (SSSR count). The number of hydrogen-bond acceptors (Lipinski definition) is 5. The Kier molecular flexibility index (Phi) is 5.80. The van der Waals surface area contributed by atoms with Crippen molar-refractivity contribution in [3.8, 4) is 11.4 Å². The molecule has 1 aliphatic rings. The van der Waals surface area contributed by atoms with E-state index in [1.807, 2.05) is 48.2 Å². The molecule has 1 fully saturated rings.